The minimum atomic E-state index is -3.85. The Bertz CT molecular complexity index is 1160. The van der Waals surface area contributed by atoms with Gasteiger partial charge in [-0.25, -0.2) is 35.1 Å². The van der Waals surface area contributed by atoms with Crippen molar-refractivity contribution in [2.24, 2.45) is 0 Å². The number of benzene rings is 4. The fourth-order valence-electron chi connectivity index (χ4n) is 4.39. The lowest BCUT2D eigenvalue weighted by Crippen LogP contribution is -2.77. The van der Waals surface area contributed by atoms with Gasteiger partial charge in [-0.3, -0.25) is 0 Å². The lowest BCUT2D eigenvalue weighted by molar-refractivity contribution is 0.598. The Morgan fingerprint density at radius 1 is 0.364 bits per heavy atom. The molecule has 9 heteroatoms. The van der Waals surface area contributed by atoms with Gasteiger partial charge in [0.15, 0.2) is 0 Å². The van der Waals surface area contributed by atoms with Gasteiger partial charge >= 0.3 is 1.43 Å². The van der Waals surface area contributed by atoms with Crippen molar-refractivity contribution in [2.75, 3.05) is 0 Å². The molecule has 0 aliphatic rings. The standard InChI is InChI=1S/C24H12BF8/c26-13-1-5-21(30)17(9-13)25(18-10-14(27)2-6-22(18)31,19-11-15(28)3-7-23(19)32)20-12-16(29)4-8-24(20)33/h1-12H/q-1/p+1. The van der Waals surface area contributed by atoms with E-state index in [0.29, 0.717) is 72.8 Å². The topological polar surface area (TPSA) is 0 Å². The summed E-state index contributed by atoms with van der Waals surface area (Å²) in [6.07, 6.45) is -3.85. The molecule has 0 spiro atoms. The van der Waals surface area contributed by atoms with E-state index in [2.05, 4.69) is 0 Å². The van der Waals surface area contributed by atoms with Gasteiger partial charge in [0.1, 0.15) is 29.4 Å². The summed E-state index contributed by atoms with van der Waals surface area (Å²) >= 11 is 0. The van der Waals surface area contributed by atoms with Gasteiger partial charge in [0.25, 0.3) is 0 Å². The summed E-state index contributed by atoms with van der Waals surface area (Å²) in [5, 5.41) is 0. The molecule has 0 saturated heterocycles. The van der Waals surface area contributed by atoms with Gasteiger partial charge in [-0.05, 0) is 48.5 Å². The van der Waals surface area contributed by atoms with Crippen LogP contribution >= 0.6 is 0 Å². The van der Waals surface area contributed by atoms with E-state index in [1.807, 2.05) is 0 Å². The summed E-state index contributed by atoms with van der Waals surface area (Å²) in [7, 11) is 0. The van der Waals surface area contributed by atoms with Crippen LogP contribution in [-0.2, 0) is 0 Å². The molecule has 0 bridgehead atoms. The molecule has 4 rings (SSSR count). The molecule has 0 radical (unpaired) electrons. The summed E-state index contributed by atoms with van der Waals surface area (Å²) in [6, 6.07) is 7.42. The molecular weight excluding hydrogens is 451 g/mol. The van der Waals surface area contributed by atoms with E-state index in [9.17, 15) is 17.6 Å². The zero-order valence-electron chi connectivity index (χ0n) is 17.5. The Hall–Kier alpha value is -3.62. The first-order valence-electron chi connectivity index (χ1n) is 9.62. The largest absolute Gasteiger partial charge is 1.00 e. The Morgan fingerprint density at radius 2 is 0.576 bits per heavy atom. The van der Waals surface area contributed by atoms with E-state index in [0.717, 1.165) is 0 Å². The highest BCUT2D eigenvalue weighted by Crippen LogP contribution is 2.19. The molecule has 4 aromatic rings. The lowest BCUT2D eigenvalue weighted by Gasteiger charge is -2.44. The van der Waals surface area contributed by atoms with Gasteiger partial charge in [-0.15, -0.1) is 0 Å². The zero-order chi connectivity index (χ0) is 23.9. The van der Waals surface area contributed by atoms with Gasteiger partial charge in [-0.1, -0.05) is 24.3 Å². The van der Waals surface area contributed by atoms with Crippen molar-refractivity contribution in [1.29, 1.82) is 0 Å². The van der Waals surface area contributed by atoms with Crippen LogP contribution < -0.4 is 21.9 Å². The fraction of sp³-hybridized carbons (Fsp3) is 0. The number of hydrogen-bond acceptors (Lipinski definition) is 0. The second-order valence-corrected chi connectivity index (χ2v) is 7.53. The van der Waals surface area contributed by atoms with Gasteiger partial charge in [0, 0.05) is 0 Å². The molecule has 0 amide bonds. The maximum Gasteiger partial charge on any atom is 1.00 e. The van der Waals surface area contributed by atoms with Gasteiger partial charge in [0.2, 0.25) is 0 Å². The predicted octanol–water partition coefficient (Wildman–Crippen LogP) is 4.29. The van der Waals surface area contributed by atoms with Gasteiger partial charge in [-0.2, -0.15) is 21.9 Å². The van der Waals surface area contributed by atoms with Crippen LogP contribution in [0.15, 0.2) is 72.8 Å². The Balaban J connectivity index is 0.00000324. The SMILES string of the molecule is Fc1ccc(F)c([B-](c2cc(F)ccc2F)(c2cc(F)ccc2F)c2cc(F)ccc2F)c1.[H+]. The van der Waals surface area contributed by atoms with E-state index < -0.39 is 74.5 Å². The predicted molar refractivity (Wildman–Crippen MR) is 111 cm³/mol. The van der Waals surface area contributed by atoms with Crippen molar-refractivity contribution in [3.05, 3.63) is 119 Å². The molecule has 0 aliphatic heterocycles. The minimum absolute atomic E-state index is 0. The zero-order valence-corrected chi connectivity index (χ0v) is 16.5. The molecule has 0 unspecified atom stereocenters. The Morgan fingerprint density at radius 3 is 0.788 bits per heavy atom. The molecule has 0 atom stereocenters. The molecule has 0 N–H and O–H groups in total. The van der Waals surface area contributed by atoms with E-state index in [1.165, 1.54) is 0 Å². The van der Waals surface area contributed by atoms with Crippen molar-refractivity contribution in [3.8, 4) is 0 Å². The third kappa shape index (κ3) is 3.77. The number of halogens is 8. The molecular formula is C24H13BF8. The van der Waals surface area contributed by atoms with Gasteiger partial charge < -0.3 is 0 Å². The van der Waals surface area contributed by atoms with Crippen molar-refractivity contribution >= 4 is 28.0 Å². The Labute approximate surface area is 184 Å². The molecule has 4 aromatic carbocycles. The number of rotatable bonds is 4. The molecule has 0 heterocycles. The summed E-state index contributed by atoms with van der Waals surface area (Å²) in [5.74, 6) is -9.35. The quantitative estimate of drug-likeness (QED) is 0.313. The maximum atomic E-state index is 15.2. The Kier molecular flexibility index (Phi) is 5.74. The van der Waals surface area contributed by atoms with Crippen LogP contribution in [0.25, 0.3) is 0 Å². The summed E-state index contributed by atoms with van der Waals surface area (Å²) in [5.41, 5.74) is -3.30. The minimum Gasteiger partial charge on any atom is -0.210 e. The monoisotopic (exact) mass is 464 g/mol. The summed E-state index contributed by atoms with van der Waals surface area (Å²) in [4.78, 5) is 0. The maximum absolute atomic E-state index is 15.2. The van der Waals surface area contributed by atoms with Gasteiger partial charge in [0.05, 0.1) is 23.3 Å². The first-order valence-corrected chi connectivity index (χ1v) is 9.62. The summed E-state index contributed by atoms with van der Waals surface area (Å²) < 4.78 is 118. The van der Waals surface area contributed by atoms with Crippen molar-refractivity contribution in [3.63, 3.8) is 0 Å². The van der Waals surface area contributed by atoms with E-state index in [-0.39, 0.29) is 1.43 Å². The highest BCUT2D eigenvalue weighted by Gasteiger charge is 2.40. The average molecular weight is 464 g/mol. The first kappa shape index (κ1) is 22.6. The van der Waals surface area contributed by atoms with E-state index >= 15 is 17.6 Å². The number of hydrogen-bond donors (Lipinski definition) is 0. The van der Waals surface area contributed by atoms with Crippen LogP contribution in [-0.4, -0.2) is 6.15 Å². The smallest absolute Gasteiger partial charge is 0.210 e. The van der Waals surface area contributed by atoms with E-state index in [4.69, 9.17) is 0 Å². The molecule has 33 heavy (non-hydrogen) atoms. The fourth-order valence-corrected chi connectivity index (χ4v) is 4.39. The normalized spacial score (nSPS) is 11.6. The van der Waals surface area contributed by atoms with Crippen LogP contribution in [0.1, 0.15) is 1.43 Å². The summed E-state index contributed by atoms with van der Waals surface area (Å²) in [6.45, 7) is 0. The van der Waals surface area contributed by atoms with Crippen LogP contribution in [0.2, 0.25) is 0 Å². The third-order valence-corrected chi connectivity index (χ3v) is 5.70. The highest BCUT2D eigenvalue weighted by atomic mass is 19.2. The van der Waals surface area contributed by atoms with E-state index in [1.54, 1.807) is 0 Å². The van der Waals surface area contributed by atoms with Crippen molar-refractivity contribution < 1.29 is 36.5 Å². The second kappa shape index (κ2) is 8.39. The molecule has 168 valence electrons. The van der Waals surface area contributed by atoms with Crippen LogP contribution in [0.5, 0.6) is 0 Å². The molecule has 0 saturated carbocycles. The van der Waals surface area contributed by atoms with Crippen LogP contribution in [0.4, 0.5) is 35.1 Å². The van der Waals surface area contributed by atoms with Crippen molar-refractivity contribution in [2.45, 2.75) is 0 Å². The molecule has 0 aromatic heterocycles. The average Bonchev–Trinajstić information content (AvgIpc) is 2.77. The molecule has 0 fully saturated rings. The first-order chi connectivity index (χ1) is 15.6. The van der Waals surface area contributed by atoms with Crippen LogP contribution in [0, 0.1) is 46.5 Å². The third-order valence-electron chi connectivity index (χ3n) is 5.70. The van der Waals surface area contributed by atoms with Crippen LogP contribution in [0.3, 0.4) is 0 Å². The lowest BCUT2D eigenvalue weighted by atomic mass is 9.12. The molecule has 0 aliphatic carbocycles. The van der Waals surface area contributed by atoms with Crippen molar-refractivity contribution in [1.82, 2.24) is 0 Å². The second-order valence-electron chi connectivity index (χ2n) is 7.53. The highest BCUT2D eigenvalue weighted by molar-refractivity contribution is 7.20. The molecule has 0 nitrogen and oxygen atoms in total.